The summed E-state index contributed by atoms with van der Waals surface area (Å²) in [6.07, 6.45) is 3.73. The second kappa shape index (κ2) is 6.60. The van der Waals surface area contributed by atoms with Gasteiger partial charge in [0.15, 0.2) is 5.01 Å². The molecule has 0 aromatic carbocycles. The fourth-order valence-electron chi connectivity index (χ4n) is 2.24. The summed E-state index contributed by atoms with van der Waals surface area (Å²) in [5, 5.41) is 16.7. The van der Waals surface area contributed by atoms with Crippen molar-refractivity contribution in [3.63, 3.8) is 0 Å². The van der Waals surface area contributed by atoms with E-state index in [0.717, 1.165) is 35.3 Å². The Morgan fingerprint density at radius 1 is 1.30 bits per heavy atom. The zero-order chi connectivity index (χ0) is 13.8. The second-order valence-electron chi connectivity index (χ2n) is 4.95. The lowest BCUT2D eigenvalue weighted by Gasteiger charge is -2.11. The summed E-state index contributed by atoms with van der Waals surface area (Å²) in [4.78, 5) is 7.16. The molecule has 2 aromatic rings. The number of thiazole rings is 1. The molecule has 1 aliphatic rings. The van der Waals surface area contributed by atoms with Crippen LogP contribution < -0.4 is 5.32 Å². The Hall–Kier alpha value is -1.05. The molecule has 3 rings (SSSR count). The SMILES string of the molecule is CCCNc1nnc(-c2csc(CN3CCCC3)n2)s1. The predicted octanol–water partition coefficient (Wildman–Crippen LogP) is 3.08. The molecule has 0 amide bonds. The van der Waals surface area contributed by atoms with Crippen LogP contribution in [0.1, 0.15) is 31.2 Å². The van der Waals surface area contributed by atoms with Gasteiger partial charge in [-0.15, -0.1) is 21.5 Å². The Bertz CT molecular complexity index is 544. The highest BCUT2D eigenvalue weighted by atomic mass is 32.1. The molecule has 0 spiro atoms. The highest BCUT2D eigenvalue weighted by molar-refractivity contribution is 7.18. The molecule has 0 radical (unpaired) electrons. The minimum absolute atomic E-state index is 0.885. The monoisotopic (exact) mass is 309 g/mol. The highest BCUT2D eigenvalue weighted by Crippen LogP contribution is 2.28. The summed E-state index contributed by atoms with van der Waals surface area (Å²) in [6.45, 7) is 6.47. The van der Waals surface area contributed by atoms with E-state index in [1.807, 2.05) is 0 Å². The van der Waals surface area contributed by atoms with Gasteiger partial charge >= 0.3 is 0 Å². The van der Waals surface area contributed by atoms with Crippen molar-refractivity contribution in [3.05, 3.63) is 10.4 Å². The van der Waals surface area contributed by atoms with Crippen LogP contribution in [0.4, 0.5) is 5.13 Å². The van der Waals surface area contributed by atoms with E-state index in [2.05, 4.69) is 32.7 Å². The van der Waals surface area contributed by atoms with Crippen molar-refractivity contribution in [1.29, 1.82) is 0 Å². The fraction of sp³-hybridized carbons (Fsp3) is 0.615. The van der Waals surface area contributed by atoms with Crippen molar-refractivity contribution in [2.24, 2.45) is 0 Å². The molecule has 0 unspecified atom stereocenters. The van der Waals surface area contributed by atoms with Crippen LogP contribution in [0.2, 0.25) is 0 Å². The van der Waals surface area contributed by atoms with Gasteiger partial charge in [-0.05, 0) is 32.4 Å². The van der Waals surface area contributed by atoms with Gasteiger partial charge < -0.3 is 5.32 Å². The average molecular weight is 309 g/mol. The first-order valence-corrected chi connectivity index (χ1v) is 8.79. The van der Waals surface area contributed by atoms with E-state index in [0.29, 0.717) is 0 Å². The fourth-order valence-corrected chi connectivity index (χ4v) is 3.87. The van der Waals surface area contributed by atoms with Crippen LogP contribution in [0.15, 0.2) is 5.38 Å². The first kappa shape index (κ1) is 13.9. The van der Waals surface area contributed by atoms with Crippen molar-refractivity contribution in [1.82, 2.24) is 20.1 Å². The normalized spacial score (nSPS) is 15.8. The molecule has 2 aromatic heterocycles. The van der Waals surface area contributed by atoms with Gasteiger partial charge in [-0.25, -0.2) is 4.98 Å². The van der Waals surface area contributed by atoms with Crippen molar-refractivity contribution in [2.75, 3.05) is 25.0 Å². The van der Waals surface area contributed by atoms with Gasteiger partial charge in [0.2, 0.25) is 5.13 Å². The number of aromatic nitrogens is 3. The molecular weight excluding hydrogens is 290 g/mol. The molecule has 0 saturated carbocycles. The Balaban J connectivity index is 1.64. The first-order valence-electron chi connectivity index (χ1n) is 7.09. The predicted molar refractivity (Wildman–Crippen MR) is 84.3 cm³/mol. The van der Waals surface area contributed by atoms with Crippen LogP contribution in [0.3, 0.4) is 0 Å². The van der Waals surface area contributed by atoms with Gasteiger partial charge in [0.05, 0.1) is 6.54 Å². The number of likely N-dealkylation sites (tertiary alicyclic amines) is 1. The lowest BCUT2D eigenvalue weighted by Crippen LogP contribution is -2.18. The molecular formula is C13H19N5S2. The van der Waals surface area contributed by atoms with Gasteiger partial charge in [0, 0.05) is 11.9 Å². The molecule has 1 N–H and O–H groups in total. The number of nitrogens with one attached hydrogen (secondary N) is 1. The van der Waals surface area contributed by atoms with Crippen molar-refractivity contribution >= 4 is 27.8 Å². The zero-order valence-electron chi connectivity index (χ0n) is 11.6. The third-order valence-electron chi connectivity index (χ3n) is 3.28. The number of anilines is 1. The van der Waals surface area contributed by atoms with Gasteiger partial charge in [0.25, 0.3) is 0 Å². The molecule has 5 nitrogen and oxygen atoms in total. The minimum atomic E-state index is 0.885. The molecule has 0 bridgehead atoms. The topological polar surface area (TPSA) is 53.9 Å². The van der Waals surface area contributed by atoms with Crippen molar-refractivity contribution in [3.8, 4) is 10.7 Å². The molecule has 1 saturated heterocycles. The van der Waals surface area contributed by atoms with Gasteiger partial charge in [-0.2, -0.15) is 0 Å². The summed E-state index contributed by atoms with van der Waals surface area (Å²) < 4.78 is 0. The first-order chi connectivity index (χ1) is 9.85. The number of hydrogen-bond acceptors (Lipinski definition) is 7. The zero-order valence-corrected chi connectivity index (χ0v) is 13.3. The van der Waals surface area contributed by atoms with Crippen LogP contribution in [-0.2, 0) is 6.54 Å². The minimum Gasteiger partial charge on any atom is -0.360 e. The Labute approximate surface area is 127 Å². The van der Waals surface area contributed by atoms with E-state index in [-0.39, 0.29) is 0 Å². The van der Waals surface area contributed by atoms with Crippen LogP contribution in [-0.4, -0.2) is 39.7 Å². The summed E-state index contributed by atoms with van der Waals surface area (Å²) in [6, 6.07) is 0. The van der Waals surface area contributed by atoms with Gasteiger partial charge in [0.1, 0.15) is 10.7 Å². The maximum Gasteiger partial charge on any atom is 0.206 e. The van der Waals surface area contributed by atoms with E-state index in [4.69, 9.17) is 4.98 Å². The maximum absolute atomic E-state index is 4.69. The van der Waals surface area contributed by atoms with E-state index in [1.54, 1.807) is 22.7 Å². The highest BCUT2D eigenvalue weighted by Gasteiger charge is 2.15. The van der Waals surface area contributed by atoms with E-state index in [1.165, 1.54) is 30.9 Å². The van der Waals surface area contributed by atoms with E-state index < -0.39 is 0 Å². The van der Waals surface area contributed by atoms with Gasteiger partial charge in [-0.1, -0.05) is 18.3 Å². The van der Waals surface area contributed by atoms with Crippen LogP contribution in [0, 0.1) is 0 Å². The quantitative estimate of drug-likeness (QED) is 0.888. The lowest BCUT2D eigenvalue weighted by atomic mass is 10.4. The molecule has 1 aliphatic heterocycles. The van der Waals surface area contributed by atoms with Crippen molar-refractivity contribution in [2.45, 2.75) is 32.7 Å². The van der Waals surface area contributed by atoms with Gasteiger partial charge in [-0.3, -0.25) is 4.90 Å². The molecule has 7 heteroatoms. The molecule has 1 fully saturated rings. The largest absolute Gasteiger partial charge is 0.360 e. The molecule has 0 atom stereocenters. The average Bonchev–Trinajstić information content (AvgIpc) is 3.18. The standard InChI is InChI=1S/C13H19N5S2/c1-2-5-14-13-17-16-12(20-13)10-9-19-11(15-10)8-18-6-3-4-7-18/h9H,2-8H2,1H3,(H,14,17). The Kier molecular flexibility index (Phi) is 4.59. The van der Waals surface area contributed by atoms with E-state index in [9.17, 15) is 0 Å². The van der Waals surface area contributed by atoms with Crippen LogP contribution in [0.5, 0.6) is 0 Å². The van der Waals surface area contributed by atoms with Crippen LogP contribution in [0.25, 0.3) is 10.7 Å². The summed E-state index contributed by atoms with van der Waals surface area (Å²) >= 11 is 3.30. The van der Waals surface area contributed by atoms with Crippen molar-refractivity contribution < 1.29 is 0 Å². The summed E-state index contributed by atoms with van der Waals surface area (Å²) in [5.74, 6) is 0. The lowest BCUT2D eigenvalue weighted by molar-refractivity contribution is 0.331. The second-order valence-corrected chi connectivity index (χ2v) is 6.87. The number of rotatable bonds is 6. The number of nitrogens with zero attached hydrogens (tertiary/aromatic N) is 4. The molecule has 20 heavy (non-hydrogen) atoms. The Morgan fingerprint density at radius 3 is 2.95 bits per heavy atom. The number of hydrogen-bond donors (Lipinski definition) is 1. The van der Waals surface area contributed by atoms with E-state index >= 15 is 0 Å². The molecule has 0 aliphatic carbocycles. The smallest absolute Gasteiger partial charge is 0.206 e. The molecule has 3 heterocycles. The maximum atomic E-state index is 4.69. The summed E-state index contributed by atoms with van der Waals surface area (Å²) in [7, 11) is 0. The summed E-state index contributed by atoms with van der Waals surface area (Å²) in [5.41, 5.74) is 0.964. The molecule has 108 valence electrons. The third kappa shape index (κ3) is 3.34. The van der Waals surface area contributed by atoms with Crippen LogP contribution >= 0.6 is 22.7 Å². The Morgan fingerprint density at radius 2 is 2.15 bits per heavy atom. The third-order valence-corrected chi connectivity index (χ3v) is 5.02.